The van der Waals surface area contributed by atoms with Crippen LogP contribution in [0, 0.1) is 11.7 Å². The van der Waals surface area contributed by atoms with Gasteiger partial charge in [0.1, 0.15) is 17.3 Å². The summed E-state index contributed by atoms with van der Waals surface area (Å²) in [6.07, 6.45) is -0.0595. The smallest absolute Gasteiger partial charge is 0.333 e. The first kappa shape index (κ1) is 19.6. The van der Waals surface area contributed by atoms with E-state index in [0.29, 0.717) is 10.4 Å². The van der Waals surface area contributed by atoms with Crippen LogP contribution in [-0.4, -0.2) is 30.1 Å². The molecular formula is C20H15ClFNO5S. The molecule has 0 saturated carbocycles. The summed E-state index contributed by atoms with van der Waals surface area (Å²) in [4.78, 5) is 11.1. The normalized spacial score (nSPS) is 18.2. The molecule has 1 fully saturated rings. The van der Waals surface area contributed by atoms with E-state index in [1.54, 1.807) is 0 Å². The second kappa shape index (κ2) is 6.98. The lowest BCUT2D eigenvalue weighted by Gasteiger charge is -2.15. The summed E-state index contributed by atoms with van der Waals surface area (Å²) in [6.45, 7) is 3.56. The Hall–Kier alpha value is -2.68. The number of fused-ring (bicyclic) bond motifs is 1. The second-order valence-electron chi connectivity index (χ2n) is 6.65. The maximum atomic E-state index is 14.2. The topological polar surface area (TPSA) is 85.6 Å². The van der Waals surface area contributed by atoms with Crippen LogP contribution in [0.25, 0.3) is 10.9 Å². The van der Waals surface area contributed by atoms with Crippen molar-refractivity contribution in [3.63, 3.8) is 0 Å². The third kappa shape index (κ3) is 3.13. The van der Waals surface area contributed by atoms with Crippen LogP contribution >= 0.6 is 11.6 Å². The molecule has 1 saturated heterocycles. The highest BCUT2D eigenvalue weighted by atomic mass is 35.5. The molecule has 29 heavy (non-hydrogen) atoms. The Labute approximate surface area is 170 Å². The molecular weight excluding hydrogens is 421 g/mol. The molecule has 0 spiro atoms. The van der Waals surface area contributed by atoms with Crippen LogP contribution in [-0.2, 0) is 19.6 Å². The van der Waals surface area contributed by atoms with E-state index in [4.69, 9.17) is 16.3 Å². The number of halogens is 2. The van der Waals surface area contributed by atoms with Crippen molar-refractivity contribution in [3.05, 3.63) is 77.2 Å². The molecule has 150 valence electrons. The zero-order valence-electron chi connectivity index (χ0n) is 14.9. The van der Waals surface area contributed by atoms with E-state index in [1.807, 2.05) is 0 Å². The largest absolute Gasteiger partial charge is 0.462 e. The van der Waals surface area contributed by atoms with Crippen LogP contribution in [0.4, 0.5) is 4.39 Å². The molecule has 1 aliphatic rings. The van der Waals surface area contributed by atoms with Gasteiger partial charge in [-0.3, -0.25) is 0 Å². The fourth-order valence-corrected chi connectivity index (χ4v) is 5.02. The van der Waals surface area contributed by atoms with Gasteiger partial charge in [-0.05, 0) is 30.3 Å². The van der Waals surface area contributed by atoms with Crippen LogP contribution in [0.1, 0.15) is 11.7 Å². The zero-order valence-corrected chi connectivity index (χ0v) is 16.5. The quantitative estimate of drug-likeness (QED) is 0.501. The third-order valence-corrected chi connectivity index (χ3v) is 6.88. The van der Waals surface area contributed by atoms with Crippen molar-refractivity contribution in [3.8, 4) is 0 Å². The number of cyclic esters (lactones) is 1. The summed E-state index contributed by atoms with van der Waals surface area (Å²) in [5.41, 5.74) is 0.520. The van der Waals surface area contributed by atoms with E-state index < -0.39 is 38.7 Å². The number of hydrogen-bond donors (Lipinski definition) is 1. The molecule has 2 heterocycles. The predicted molar refractivity (Wildman–Crippen MR) is 104 cm³/mol. The number of esters is 1. The molecule has 0 bridgehead atoms. The second-order valence-corrected chi connectivity index (χ2v) is 8.87. The van der Waals surface area contributed by atoms with Gasteiger partial charge < -0.3 is 9.84 Å². The molecule has 0 radical (unpaired) electrons. The van der Waals surface area contributed by atoms with Crippen molar-refractivity contribution in [2.24, 2.45) is 5.92 Å². The van der Waals surface area contributed by atoms with Crippen molar-refractivity contribution < 1.29 is 27.4 Å². The summed E-state index contributed by atoms with van der Waals surface area (Å²) in [5.74, 6) is -2.25. The van der Waals surface area contributed by atoms with E-state index >= 15 is 0 Å². The van der Waals surface area contributed by atoms with E-state index in [0.717, 1.165) is 16.1 Å². The number of carbonyl (C=O) groups is 1. The van der Waals surface area contributed by atoms with Crippen LogP contribution in [0.15, 0.2) is 65.7 Å². The number of nitrogens with zero attached hydrogens (tertiary/aromatic N) is 1. The van der Waals surface area contributed by atoms with Crippen molar-refractivity contribution in [1.29, 1.82) is 0 Å². The minimum absolute atomic E-state index is 0.0772. The molecule has 2 unspecified atom stereocenters. The average molecular weight is 436 g/mol. The Balaban J connectivity index is 1.93. The van der Waals surface area contributed by atoms with E-state index in [9.17, 15) is 22.7 Å². The Kier molecular flexibility index (Phi) is 4.72. The first-order chi connectivity index (χ1) is 13.7. The van der Waals surface area contributed by atoms with Crippen molar-refractivity contribution in [2.75, 3.05) is 6.61 Å². The molecule has 6 nitrogen and oxygen atoms in total. The number of aliphatic hydroxyl groups excluding tert-OH is 1. The predicted octanol–water partition coefficient (Wildman–Crippen LogP) is 3.43. The Morgan fingerprint density at radius 2 is 2.00 bits per heavy atom. The minimum Gasteiger partial charge on any atom is -0.462 e. The average Bonchev–Trinajstić information content (AvgIpc) is 3.22. The zero-order chi connectivity index (χ0) is 20.9. The molecule has 2 aromatic carbocycles. The molecule has 1 aliphatic heterocycles. The van der Waals surface area contributed by atoms with E-state index in [-0.39, 0.29) is 23.3 Å². The SMILES string of the molecule is C=C1C(=O)OCC1C(O)c1cn(S(=O)(=O)c2ccccc2F)c2ccc(Cl)cc12. The van der Waals surface area contributed by atoms with Crippen LogP contribution < -0.4 is 0 Å². The molecule has 0 amide bonds. The van der Waals surface area contributed by atoms with Crippen LogP contribution in [0.3, 0.4) is 0 Å². The standard InChI is InChI=1S/C20H15ClFNO5S/c1-11-15(10-28-20(11)25)19(24)14-9-23(17-7-6-12(21)8-13(14)17)29(26,27)18-5-3-2-4-16(18)22/h2-9,15,19,24H,1,10H2. The van der Waals surface area contributed by atoms with Gasteiger partial charge >= 0.3 is 5.97 Å². The third-order valence-electron chi connectivity index (χ3n) is 4.94. The number of rotatable bonds is 4. The van der Waals surface area contributed by atoms with Gasteiger partial charge in [-0.2, -0.15) is 0 Å². The molecule has 2 atom stereocenters. The molecule has 1 aromatic heterocycles. The van der Waals surface area contributed by atoms with Gasteiger partial charge in [0.15, 0.2) is 0 Å². The number of ether oxygens (including phenoxy) is 1. The molecule has 0 aliphatic carbocycles. The highest BCUT2D eigenvalue weighted by Crippen LogP contribution is 2.38. The van der Waals surface area contributed by atoms with Crippen molar-refractivity contribution in [2.45, 2.75) is 11.0 Å². The van der Waals surface area contributed by atoms with Crippen molar-refractivity contribution >= 4 is 38.5 Å². The van der Waals surface area contributed by atoms with E-state index in [1.165, 1.54) is 36.5 Å². The van der Waals surface area contributed by atoms with Gasteiger partial charge in [0.25, 0.3) is 10.0 Å². The Morgan fingerprint density at radius 1 is 1.28 bits per heavy atom. The molecule has 4 rings (SSSR count). The summed E-state index contributed by atoms with van der Waals surface area (Å²) in [7, 11) is -4.30. The van der Waals surface area contributed by atoms with Gasteiger partial charge in [0, 0.05) is 27.7 Å². The van der Waals surface area contributed by atoms with Gasteiger partial charge in [-0.1, -0.05) is 30.3 Å². The first-order valence-electron chi connectivity index (χ1n) is 8.56. The lowest BCUT2D eigenvalue weighted by molar-refractivity contribution is -0.135. The summed E-state index contributed by atoms with van der Waals surface area (Å²) >= 11 is 6.08. The maximum absolute atomic E-state index is 14.2. The van der Waals surface area contributed by atoms with Gasteiger partial charge in [0.2, 0.25) is 0 Å². The Bertz CT molecular complexity index is 1270. The van der Waals surface area contributed by atoms with Gasteiger partial charge in [0.05, 0.1) is 17.5 Å². The van der Waals surface area contributed by atoms with Crippen LogP contribution in [0.5, 0.6) is 0 Å². The number of aliphatic hydroxyl groups is 1. The monoisotopic (exact) mass is 435 g/mol. The Morgan fingerprint density at radius 3 is 2.66 bits per heavy atom. The fraction of sp³-hybridized carbons (Fsp3) is 0.150. The van der Waals surface area contributed by atoms with Gasteiger partial charge in [-0.15, -0.1) is 0 Å². The number of benzene rings is 2. The highest BCUT2D eigenvalue weighted by molar-refractivity contribution is 7.90. The first-order valence-corrected chi connectivity index (χ1v) is 10.4. The molecule has 3 aromatic rings. The van der Waals surface area contributed by atoms with E-state index in [2.05, 4.69) is 6.58 Å². The summed E-state index contributed by atoms with van der Waals surface area (Å²) in [6, 6.07) is 9.49. The number of carbonyl (C=O) groups excluding carboxylic acids is 1. The summed E-state index contributed by atoms with van der Waals surface area (Å²) in [5, 5.41) is 11.6. The lowest BCUT2D eigenvalue weighted by atomic mass is 9.92. The number of aromatic nitrogens is 1. The molecule has 9 heteroatoms. The number of hydrogen-bond acceptors (Lipinski definition) is 5. The van der Waals surface area contributed by atoms with Crippen LogP contribution in [0.2, 0.25) is 5.02 Å². The summed E-state index contributed by atoms with van der Waals surface area (Å²) < 4.78 is 46.3. The van der Waals surface area contributed by atoms with Gasteiger partial charge in [-0.25, -0.2) is 21.6 Å². The van der Waals surface area contributed by atoms with Crippen molar-refractivity contribution in [1.82, 2.24) is 3.97 Å². The fourth-order valence-electron chi connectivity index (χ4n) is 3.40. The lowest BCUT2D eigenvalue weighted by Crippen LogP contribution is -2.15. The maximum Gasteiger partial charge on any atom is 0.333 e. The highest BCUT2D eigenvalue weighted by Gasteiger charge is 2.37. The molecule has 1 N–H and O–H groups in total. The minimum atomic E-state index is -4.30.